The quantitative estimate of drug-likeness (QED) is 0.802. The molecule has 2 aromatic carbocycles. The van der Waals surface area contributed by atoms with Crippen LogP contribution in [0.15, 0.2) is 40.9 Å². The Balaban J connectivity index is 1.65. The van der Waals surface area contributed by atoms with E-state index >= 15 is 0 Å². The first-order chi connectivity index (χ1) is 9.61. The van der Waals surface area contributed by atoms with Gasteiger partial charge in [0.05, 0.1) is 17.3 Å². The van der Waals surface area contributed by atoms with Crippen LogP contribution in [-0.4, -0.2) is 12.6 Å². The van der Waals surface area contributed by atoms with Crippen molar-refractivity contribution in [3.63, 3.8) is 0 Å². The van der Waals surface area contributed by atoms with Crippen molar-refractivity contribution in [1.29, 1.82) is 0 Å². The number of ether oxygens (including phenoxy) is 1. The minimum Gasteiger partial charge on any atom is -0.488 e. The van der Waals surface area contributed by atoms with E-state index in [1.165, 1.54) is 5.56 Å². The van der Waals surface area contributed by atoms with E-state index in [2.05, 4.69) is 27.3 Å². The Morgan fingerprint density at radius 1 is 1.20 bits per heavy atom. The van der Waals surface area contributed by atoms with Crippen LogP contribution in [0.4, 0.5) is 5.69 Å². The lowest BCUT2D eigenvalue weighted by molar-refractivity contribution is 0.246. The van der Waals surface area contributed by atoms with Gasteiger partial charge >= 0.3 is 0 Å². The zero-order valence-electron chi connectivity index (χ0n) is 10.5. The summed E-state index contributed by atoms with van der Waals surface area (Å²) >= 11 is 15.6. The van der Waals surface area contributed by atoms with E-state index in [0.717, 1.165) is 22.3 Å². The van der Waals surface area contributed by atoms with E-state index < -0.39 is 0 Å². The summed E-state index contributed by atoms with van der Waals surface area (Å²) in [5, 5.41) is 4.62. The van der Waals surface area contributed by atoms with Gasteiger partial charge in [0.15, 0.2) is 0 Å². The molecule has 1 atom stereocenters. The van der Waals surface area contributed by atoms with Gasteiger partial charge in [0.2, 0.25) is 0 Å². The number of hydrogen-bond acceptors (Lipinski definition) is 2. The average molecular weight is 373 g/mol. The van der Waals surface area contributed by atoms with Crippen molar-refractivity contribution in [3.05, 3.63) is 56.5 Å². The first-order valence-electron chi connectivity index (χ1n) is 6.26. The first-order valence-corrected chi connectivity index (χ1v) is 7.81. The number of anilines is 1. The van der Waals surface area contributed by atoms with Gasteiger partial charge in [0.1, 0.15) is 11.9 Å². The summed E-state index contributed by atoms with van der Waals surface area (Å²) in [6.07, 6.45) is 0.995. The molecule has 1 aliphatic heterocycles. The number of nitrogens with one attached hydrogen (secondary N) is 1. The standard InChI is InChI=1S/C15H12BrCl2NO/c16-10-1-4-15-9(5-10)6-12(20-15)8-19-14-7-11(17)2-3-13(14)18/h1-5,7,12,19H,6,8H2. The molecule has 1 aliphatic rings. The second-order valence-electron chi connectivity index (χ2n) is 4.70. The number of rotatable bonds is 3. The van der Waals surface area contributed by atoms with E-state index in [0.29, 0.717) is 16.6 Å². The van der Waals surface area contributed by atoms with E-state index in [1.807, 2.05) is 18.2 Å². The predicted octanol–water partition coefficient (Wildman–Crippen LogP) is 5.17. The fourth-order valence-electron chi connectivity index (χ4n) is 2.26. The highest BCUT2D eigenvalue weighted by Gasteiger charge is 2.22. The molecule has 1 unspecified atom stereocenters. The molecule has 104 valence electrons. The molecule has 3 rings (SSSR count). The van der Waals surface area contributed by atoms with E-state index in [-0.39, 0.29) is 6.10 Å². The van der Waals surface area contributed by atoms with Gasteiger partial charge in [-0.2, -0.15) is 0 Å². The van der Waals surface area contributed by atoms with Crippen LogP contribution < -0.4 is 10.1 Å². The van der Waals surface area contributed by atoms with Gasteiger partial charge in [-0.3, -0.25) is 0 Å². The van der Waals surface area contributed by atoms with Gasteiger partial charge in [-0.1, -0.05) is 39.1 Å². The maximum absolute atomic E-state index is 6.12. The molecule has 0 radical (unpaired) electrons. The normalized spacial score (nSPS) is 16.6. The van der Waals surface area contributed by atoms with E-state index in [9.17, 15) is 0 Å². The topological polar surface area (TPSA) is 21.3 Å². The van der Waals surface area contributed by atoms with E-state index in [4.69, 9.17) is 27.9 Å². The smallest absolute Gasteiger partial charge is 0.123 e. The Kier molecular flexibility index (Phi) is 4.11. The van der Waals surface area contributed by atoms with E-state index in [1.54, 1.807) is 12.1 Å². The van der Waals surface area contributed by atoms with Crippen molar-refractivity contribution in [1.82, 2.24) is 0 Å². The number of halogens is 3. The van der Waals surface area contributed by atoms with Crippen LogP contribution >= 0.6 is 39.1 Å². The summed E-state index contributed by atoms with van der Waals surface area (Å²) in [6.45, 7) is 0.687. The molecule has 2 nitrogen and oxygen atoms in total. The third-order valence-electron chi connectivity index (χ3n) is 3.21. The van der Waals surface area contributed by atoms with Crippen molar-refractivity contribution < 1.29 is 4.74 Å². The molecule has 0 aromatic heterocycles. The fourth-order valence-corrected chi connectivity index (χ4v) is 3.02. The molecule has 1 heterocycles. The highest BCUT2D eigenvalue weighted by Crippen LogP contribution is 2.32. The lowest BCUT2D eigenvalue weighted by Gasteiger charge is -2.14. The highest BCUT2D eigenvalue weighted by molar-refractivity contribution is 9.10. The first kappa shape index (κ1) is 14.1. The summed E-state index contributed by atoms with van der Waals surface area (Å²) in [5.41, 5.74) is 2.06. The lowest BCUT2D eigenvalue weighted by Crippen LogP contribution is -2.24. The molecular weight excluding hydrogens is 361 g/mol. The largest absolute Gasteiger partial charge is 0.488 e. The fraction of sp³-hybridized carbons (Fsp3) is 0.200. The molecule has 0 spiro atoms. The lowest BCUT2D eigenvalue weighted by atomic mass is 10.1. The van der Waals surface area contributed by atoms with Gasteiger partial charge in [-0.05, 0) is 42.0 Å². The van der Waals surface area contributed by atoms with Crippen LogP contribution in [0.25, 0.3) is 0 Å². The molecule has 2 aromatic rings. The molecular formula is C15H12BrCl2NO. The van der Waals surface area contributed by atoms with Crippen LogP contribution in [0, 0.1) is 0 Å². The van der Waals surface area contributed by atoms with Crippen molar-refractivity contribution >= 4 is 44.8 Å². The Morgan fingerprint density at radius 3 is 2.90 bits per heavy atom. The molecule has 0 saturated heterocycles. The zero-order valence-corrected chi connectivity index (χ0v) is 13.6. The molecule has 0 fully saturated rings. The maximum Gasteiger partial charge on any atom is 0.123 e. The average Bonchev–Trinajstić information content (AvgIpc) is 2.81. The molecule has 20 heavy (non-hydrogen) atoms. The van der Waals surface area contributed by atoms with Crippen LogP contribution in [0.3, 0.4) is 0 Å². The van der Waals surface area contributed by atoms with Crippen molar-refractivity contribution in [2.24, 2.45) is 0 Å². The van der Waals surface area contributed by atoms with Crippen LogP contribution in [0.2, 0.25) is 10.0 Å². The zero-order chi connectivity index (χ0) is 14.1. The van der Waals surface area contributed by atoms with Gasteiger partial charge in [-0.15, -0.1) is 0 Å². The molecule has 0 aliphatic carbocycles. The van der Waals surface area contributed by atoms with Crippen molar-refractivity contribution in [3.8, 4) is 5.75 Å². The minimum absolute atomic E-state index is 0.106. The SMILES string of the molecule is Clc1ccc(Cl)c(NCC2Cc3cc(Br)ccc3O2)c1. The predicted molar refractivity (Wildman–Crippen MR) is 87.2 cm³/mol. The Bertz CT molecular complexity index is 648. The highest BCUT2D eigenvalue weighted by atomic mass is 79.9. The number of benzene rings is 2. The van der Waals surface area contributed by atoms with Crippen LogP contribution in [0.1, 0.15) is 5.56 Å². The maximum atomic E-state index is 6.12. The Morgan fingerprint density at radius 2 is 2.05 bits per heavy atom. The summed E-state index contributed by atoms with van der Waals surface area (Å²) in [5.74, 6) is 0.956. The Hall–Kier alpha value is -0.900. The van der Waals surface area contributed by atoms with Gasteiger partial charge in [0.25, 0.3) is 0 Å². The van der Waals surface area contributed by atoms with Crippen molar-refractivity contribution in [2.75, 3.05) is 11.9 Å². The summed E-state index contributed by atoms with van der Waals surface area (Å²) in [4.78, 5) is 0. The van der Waals surface area contributed by atoms with Crippen molar-refractivity contribution in [2.45, 2.75) is 12.5 Å². The second kappa shape index (κ2) is 5.84. The van der Waals surface area contributed by atoms with Crippen LogP contribution in [-0.2, 0) is 6.42 Å². The third-order valence-corrected chi connectivity index (χ3v) is 4.27. The minimum atomic E-state index is 0.106. The van der Waals surface area contributed by atoms with Crippen LogP contribution in [0.5, 0.6) is 5.75 Å². The third kappa shape index (κ3) is 3.05. The van der Waals surface area contributed by atoms with Gasteiger partial charge < -0.3 is 10.1 Å². The summed E-state index contributed by atoms with van der Waals surface area (Å²) in [6, 6.07) is 11.5. The Labute approximate surface area is 136 Å². The molecule has 0 bridgehead atoms. The molecule has 1 N–H and O–H groups in total. The monoisotopic (exact) mass is 371 g/mol. The molecule has 0 saturated carbocycles. The summed E-state index contributed by atoms with van der Waals surface area (Å²) < 4.78 is 6.97. The summed E-state index contributed by atoms with van der Waals surface area (Å²) in [7, 11) is 0. The van der Waals surface area contributed by atoms with Gasteiger partial charge in [-0.25, -0.2) is 0 Å². The number of fused-ring (bicyclic) bond motifs is 1. The number of hydrogen-bond donors (Lipinski definition) is 1. The molecule has 5 heteroatoms. The second-order valence-corrected chi connectivity index (χ2v) is 6.46. The van der Waals surface area contributed by atoms with Gasteiger partial charge in [0, 0.05) is 15.9 Å². The molecule has 0 amide bonds.